The van der Waals surface area contributed by atoms with Gasteiger partial charge in [-0.3, -0.25) is 0 Å². The molecule has 0 spiro atoms. The maximum absolute atomic E-state index is 12.8. The molecule has 0 aliphatic rings. The van der Waals surface area contributed by atoms with Crippen molar-refractivity contribution in [2.24, 2.45) is 5.92 Å². The molecule has 1 aromatic rings. The lowest BCUT2D eigenvalue weighted by molar-refractivity contribution is 0.281. The SMILES string of the molecule is CC(CCOc1ccc(F)cc1Cl)CCS(=O)(=O)Cl. The first kappa shape index (κ1) is 16.5. The Hall–Kier alpha value is -0.520. The average molecular weight is 329 g/mol. The van der Waals surface area contributed by atoms with Gasteiger partial charge >= 0.3 is 0 Å². The van der Waals surface area contributed by atoms with E-state index in [4.69, 9.17) is 27.0 Å². The van der Waals surface area contributed by atoms with Crippen LogP contribution in [0, 0.1) is 11.7 Å². The summed E-state index contributed by atoms with van der Waals surface area (Å²) in [5.74, 6) is 0.110. The molecule has 1 atom stereocenters. The third-order valence-corrected chi connectivity index (χ3v) is 4.10. The molecule has 1 rings (SSSR count). The van der Waals surface area contributed by atoms with Gasteiger partial charge in [0.2, 0.25) is 9.05 Å². The highest BCUT2D eigenvalue weighted by molar-refractivity contribution is 8.13. The van der Waals surface area contributed by atoms with Gasteiger partial charge < -0.3 is 4.74 Å². The highest BCUT2D eigenvalue weighted by atomic mass is 35.7. The number of halogens is 3. The van der Waals surface area contributed by atoms with Gasteiger partial charge in [-0.05, 0) is 37.0 Å². The molecule has 0 fully saturated rings. The lowest BCUT2D eigenvalue weighted by Gasteiger charge is -2.12. The van der Waals surface area contributed by atoms with Crippen LogP contribution in [0.2, 0.25) is 5.02 Å². The first-order valence-electron chi connectivity index (χ1n) is 5.78. The Labute approximate surface area is 122 Å². The summed E-state index contributed by atoms with van der Waals surface area (Å²) in [5, 5.41) is 0.219. The summed E-state index contributed by atoms with van der Waals surface area (Å²) in [6.45, 7) is 2.30. The maximum atomic E-state index is 12.8. The third kappa shape index (κ3) is 6.99. The van der Waals surface area contributed by atoms with E-state index in [1.807, 2.05) is 6.92 Å². The van der Waals surface area contributed by atoms with E-state index in [-0.39, 0.29) is 16.7 Å². The maximum Gasteiger partial charge on any atom is 0.232 e. The van der Waals surface area contributed by atoms with Gasteiger partial charge in [0.1, 0.15) is 11.6 Å². The second kappa shape index (κ2) is 7.31. The summed E-state index contributed by atoms with van der Waals surface area (Å²) in [4.78, 5) is 0. The zero-order valence-electron chi connectivity index (χ0n) is 10.4. The van der Waals surface area contributed by atoms with E-state index in [1.165, 1.54) is 18.2 Å². The molecule has 0 N–H and O–H groups in total. The molecule has 0 saturated carbocycles. The molecule has 7 heteroatoms. The molecule has 0 amide bonds. The summed E-state index contributed by atoms with van der Waals surface area (Å²) in [6.07, 6.45) is 1.15. The van der Waals surface area contributed by atoms with Gasteiger partial charge in [-0.2, -0.15) is 0 Å². The molecule has 0 saturated heterocycles. The molecule has 0 aromatic heterocycles. The van der Waals surface area contributed by atoms with Crippen LogP contribution in [0.4, 0.5) is 4.39 Å². The van der Waals surface area contributed by atoms with E-state index >= 15 is 0 Å². The van der Waals surface area contributed by atoms with Gasteiger partial charge in [0.05, 0.1) is 17.4 Å². The molecule has 1 aromatic carbocycles. The van der Waals surface area contributed by atoms with Gasteiger partial charge in [0.15, 0.2) is 0 Å². The fourth-order valence-electron chi connectivity index (χ4n) is 1.45. The molecule has 3 nitrogen and oxygen atoms in total. The highest BCUT2D eigenvalue weighted by Gasteiger charge is 2.10. The Kier molecular flexibility index (Phi) is 6.36. The fraction of sp³-hybridized carbons (Fsp3) is 0.500. The number of hydrogen-bond donors (Lipinski definition) is 0. The minimum absolute atomic E-state index is 0.0486. The van der Waals surface area contributed by atoms with Crippen LogP contribution >= 0.6 is 22.3 Å². The Balaban J connectivity index is 2.33. The van der Waals surface area contributed by atoms with Gasteiger partial charge in [0.25, 0.3) is 0 Å². The molecule has 0 heterocycles. The van der Waals surface area contributed by atoms with E-state index in [0.29, 0.717) is 25.2 Å². The van der Waals surface area contributed by atoms with Crippen LogP contribution in [0.3, 0.4) is 0 Å². The number of ether oxygens (including phenoxy) is 1. The van der Waals surface area contributed by atoms with E-state index in [9.17, 15) is 12.8 Å². The van der Waals surface area contributed by atoms with E-state index in [2.05, 4.69) is 0 Å². The van der Waals surface area contributed by atoms with Crippen molar-refractivity contribution in [3.8, 4) is 5.75 Å². The van der Waals surface area contributed by atoms with Gasteiger partial charge in [-0.1, -0.05) is 18.5 Å². The summed E-state index contributed by atoms with van der Waals surface area (Å²) in [7, 11) is 1.69. The molecule has 0 radical (unpaired) electrons. The lowest BCUT2D eigenvalue weighted by Crippen LogP contribution is -2.08. The number of benzene rings is 1. The van der Waals surface area contributed by atoms with Crippen LogP contribution in [-0.4, -0.2) is 20.8 Å². The summed E-state index contributed by atoms with van der Waals surface area (Å²) >= 11 is 5.80. The molecule has 1 unspecified atom stereocenters. The first-order chi connectivity index (χ1) is 8.78. The molecule has 19 heavy (non-hydrogen) atoms. The van der Waals surface area contributed by atoms with Crippen molar-refractivity contribution in [2.75, 3.05) is 12.4 Å². The van der Waals surface area contributed by atoms with Crippen molar-refractivity contribution in [2.45, 2.75) is 19.8 Å². The monoisotopic (exact) mass is 328 g/mol. The highest BCUT2D eigenvalue weighted by Crippen LogP contribution is 2.25. The smallest absolute Gasteiger partial charge is 0.232 e. The van der Waals surface area contributed by atoms with Crippen LogP contribution in [0.25, 0.3) is 0 Å². The summed E-state index contributed by atoms with van der Waals surface area (Å²) in [6, 6.07) is 3.91. The standard InChI is InChI=1S/C12H15Cl2FO3S/c1-9(5-7-19(14,16)17)4-6-18-12-3-2-10(15)8-11(12)13/h2-3,8-9H,4-7H2,1H3. The van der Waals surface area contributed by atoms with Crippen molar-refractivity contribution in [1.29, 1.82) is 0 Å². The predicted molar refractivity (Wildman–Crippen MR) is 74.9 cm³/mol. The van der Waals surface area contributed by atoms with Crippen molar-refractivity contribution < 1.29 is 17.5 Å². The molecular formula is C12H15Cl2FO3S. The van der Waals surface area contributed by atoms with Crippen LogP contribution in [-0.2, 0) is 9.05 Å². The predicted octanol–water partition coefficient (Wildman–Crippen LogP) is 3.84. The molecule has 0 bridgehead atoms. The second-order valence-electron chi connectivity index (χ2n) is 4.35. The van der Waals surface area contributed by atoms with Gasteiger partial charge in [0, 0.05) is 10.7 Å². The van der Waals surface area contributed by atoms with E-state index < -0.39 is 14.9 Å². The quantitative estimate of drug-likeness (QED) is 0.714. The van der Waals surface area contributed by atoms with Crippen molar-refractivity contribution in [3.63, 3.8) is 0 Å². The fourth-order valence-corrected chi connectivity index (χ4v) is 2.62. The minimum Gasteiger partial charge on any atom is -0.492 e. The van der Waals surface area contributed by atoms with Crippen LogP contribution in [0.1, 0.15) is 19.8 Å². The van der Waals surface area contributed by atoms with Crippen LogP contribution in [0.15, 0.2) is 18.2 Å². The Morgan fingerprint density at radius 2 is 2.05 bits per heavy atom. The first-order valence-corrected chi connectivity index (χ1v) is 8.64. The van der Waals surface area contributed by atoms with Crippen LogP contribution in [0.5, 0.6) is 5.75 Å². The Morgan fingerprint density at radius 3 is 2.63 bits per heavy atom. The van der Waals surface area contributed by atoms with E-state index in [1.54, 1.807) is 0 Å². The lowest BCUT2D eigenvalue weighted by atomic mass is 10.1. The van der Waals surface area contributed by atoms with Gasteiger partial charge in [-0.15, -0.1) is 0 Å². The van der Waals surface area contributed by atoms with Crippen molar-refractivity contribution >= 4 is 31.3 Å². The molecule has 108 valence electrons. The minimum atomic E-state index is -3.44. The molecule has 0 aliphatic carbocycles. The largest absolute Gasteiger partial charge is 0.492 e. The number of hydrogen-bond acceptors (Lipinski definition) is 3. The van der Waals surface area contributed by atoms with Crippen molar-refractivity contribution in [1.82, 2.24) is 0 Å². The third-order valence-electron chi connectivity index (χ3n) is 2.62. The normalized spacial score (nSPS) is 13.3. The summed E-state index contributed by atoms with van der Waals surface area (Å²) in [5.41, 5.74) is 0. The van der Waals surface area contributed by atoms with E-state index in [0.717, 1.165) is 0 Å². The number of rotatable bonds is 7. The Bertz CT molecular complexity index is 520. The zero-order chi connectivity index (χ0) is 14.5. The van der Waals surface area contributed by atoms with Crippen LogP contribution < -0.4 is 4.74 Å². The molecule has 0 aliphatic heterocycles. The molecular weight excluding hydrogens is 314 g/mol. The van der Waals surface area contributed by atoms with Gasteiger partial charge in [-0.25, -0.2) is 12.8 Å². The average Bonchev–Trinajstić information content (AvgIpc) is 2.28. The topological polar surface area (TPSA) is 43.4 Å². The van der Waals surface area contributed by atoms with Crippen molar-refractivity contribution in [3.05, 3.63) is 29.0 Å². The Morgan fingerprint density at radius 1 is 1.37 bits per heavy atom. The summed E-state index contributed by atoms with van der Waals surface area (Å²) < 4.78 is 39.8. The zero-order valence-corrected chi connectivity index (χ0v) is 12.7. The second-order valence-corrected chi connectivity index (χ2v) is 7.65.